The van der Waals surface area contributed by atoms with Crippen LogP contribution in [0.3, 0.4) is 0 Å². The van der Waals surface area contributed by atoms with E-state index in [-0.39, 0.29) is 5.91 Å². The molecule has 102 valence electrons. The van der Waals surface area contributed by atoms with Gasteiger partial charge in [0.2, 0.25) is 5.91 Å². The summed E-state index contributed by atoms with van der Waals surface area (Å²) in [5, 5.41) is 0. The zero-order valence-electron chi connectivity index (χ0n) is 11.3. The normalized spacial score (nSPS) is 15.5. The van der Waals surface area contributed by atoms with E-state index in [2.05, 4.69) is 0 Å². The van der Waals surface area contributed by atoms with Gasteiger partial charge in [0, 0.05) is 12.7 Å². The molecule has 0 heterocycles. The lowest BCUT2D eigenvalue weighted by Gasteiger charge is -2.22. The quantitative estimate of drug-likeness (QED) is 0.611. The topological polar surface area (TPSA) is 55.8 Å². The standard InChI is InChI=1S/C14H17NO4/c1-15(10-4-6-11(18-2)7-5-10)12(16)14(8-9-14)13(17)19-3/h4-7H,8-9H2,1-3H3. The van der Waals surface area contributed by atoms with Gasteiger partial charge in [-0.3, -0.25) is 9.59 Å². The number of rotatable bonds is 4. The fourth-order valence-electron chi connectivity index (χ4n) is 2.07. The number of amides is 1. The number of carbonyl (C=O) groups is 2. The molecule has 0 bridgehead atoms. The summed E-state index contributed by atoms with van der Waals surface area (Å²) in [5.41, 5.74) is -0.246. The molecule has 1 amide bonds. The Labute approximate surface area is 112 Å². The van der Waals surface area contributed by atoms with Crippen molar-refractivity contribution in [1.82, 2.24) is 0 Å². The van der Waals surface area contributed by atoms with Crippen molar-refractivity contribution in [3.63, 3.8) is 0 Å². The smallest absolute Gasteiger partial charge is 0.321 e. The molecule has 2 rings (SSSR count). The summed E-state index contributed by atoms with van der Waals surface area (Å²) in [6, 6.07) is 7.11. The molecule has 1 aromatic rings. The zero-order valence-corrected chi connectivity index (χ0v) is 11.3. The maximum absolute atomic E-state index is 12.4. The van der Waals surface area contributed by atoms with E-state index in [0.29, 0.717) is 12.8 Å². The molecule has 1 saturated carbocycles. The summed E-state index contributed by atoms with van der Waals surface area (Å²) in [7, 11) is 4.55. The Morgan fingerprint density at radius 3 is 2.16 bits per heavy atom. The van der Waals surface area contributed by atoms with Gasteiger partial charge in [0.15, 0.2) is 0 Å². The summed E-state index contributed by atoms with van der Waals surface area (Å²) in [5.74, 6) is 0.0566. The third kappa shape index (κ3) is 2.28. The Hall–Kier alpha value is -2.04. The fraction of sp³-hybridized carbons (Fsp3) is 0.429. The predicted molar refractivity (Wildman–Crippen MR) is 70.1 cm³/mol. The van der Waals surface area contributed by atoms with Crippen LogP contribution in [0.4, 0.5) is 5.69 Å². The van der Waals surface area contributed by atoms with Crippen LogP contribution in [0, 0.1) is 5.41 Å². The molecule has 0 aromatic heterocycles. The van der Waals surface area contributed by atoms with Crippen molar-refractivity contribution in [2.75, 3.05) is 26.2 Å². The Balaban J connectivity index is 2.17. The second-order valence-electron chi connectivity index (χ2n) is 4.64. The van der Waals surface area contributed by atoms with Crippen LogP contribution < -0.4 is 9.64 Å². The van der Waals surface area contributed by atoms with Crippen LogP contribution in [-0.4, -0.2) is 33.1 Å². The van der Waals surface area contributed by atoms with Gasteiger partial charge in [0.1, 0.15) is 11.2 Å². The van der Waals surface area contributed by atoms with Gasteiger partial charge in [0.25, 0.3) is 0 Å². The summed E-state index contributed by atoms with van der Waals surface area (Å²) in [6.45, 7) is 0. The van der Waals surface area contributed by atoms with Crippen molar-refractivity contribution in [2.45, 2.75) is 12.8 Å². The molecular weight excluding hydrogens is 246 g/mol. The maximum Gasteiger partial charge on any atom is 0.321 e. The predicted octanol–water partition coefficient (Wildman–Crippen LogP) is 1.61. The Morgan fingerprint density at radius 2 is 1.74 bits per heavy atom. The average Bonchev–Trinajstić information content (AvgIpc) is 3.26. The van der Waals surface area contributed by atoms with Crippen LogP contribution in [0.2, 0.25) is 0 Å². The molecule has 1 aliphatic rings. The number of benzene rings is 1. The van der Waals surface area contributed by atoms with E-state index in [0.717, 1.165) is 11.4 Å². The molecule has 19 heavy (non-hydrogen) atoms. The molecular formula is C14H17NO4. The Morgan fingerprint density at radius 1 is 1.16 bits per heavy atom. The highest BCUT2D eigenvalue weighted by Gasteiger charge is 2.59. The van der Waals surface area contributed by atoms with E-state index in [4.69, 9.17) is 9.47 Å². The van der Waals surface area contributed by atoms with Crippen LogP contribution in [0.1, 0.15) is 12.8 Å². The maximum atomic E-state index is 12.4. The first-order valence-electron chi connectivity index (χ1n) is 6.06. The summed E-state index contributed by atoms with van der Waals surface area (Å²) >= 11 is 0. The second-order valence-corrected chi connectivity index (χ2v) is 4.64. The first kappa shape index (κ1) is 13.4. The van der Waals surface area contributed by atoms with E-state index in [1.165, 1.54) is 12.0 Å². The van der Waals surface area contributed by atoms with Gasteiger partial charge in [-0.25, -0.2) is 0 Å². The lowest BCUT2D eigenvalue weighted by atomic mass is 10.1. The van der Waals surface area contributed by atoms with Crippen molar-refractivity contribution in [1.29, 1.82) is 0 Å². The third-order valence-corrected chi connectivity index (χ3v) is 3.50. The highest BCUT2D eigenvalue weighted by atomic mass is 16.5. The fourth-order valence-corrected chi connectivity index (χ4v) is 2.07. The monoisotopic (exact) mass is 263 g/mol. The average molecular weight is 263 g/mol. The van der Waals surface area contributed by atoms with Gasteiger partial charge in [-0.15, -0.1) is 0 Å². The van der Waals surface area contributed by atoms with Gasteiger partial charge in [-0.2, -0.15) is 0 Å². The highest BCUT2D eigenvalue weighted by molar-refractivity contribution is 6.12. The van der Waals surface area contributed by atoms with Crippen LogP contribution in [0.25, 0.3) is 0 Å². The van der Waals surface area contributed by atoms with Crippen LogP contribution >= 0.6 is 0 Å². The molecule has 0 atom stereocenters. The van der Waals surface area contributed by atoms with Crippen LogP contribution in [0.15, 0.2) is 24.3 Å². The van der Waals surface area contributed by atoms with Gasteiger partial charge >= 0.3 is 5.97 Å². The number of hydrogen-bond acceptors (Lipinski definition) is 4. The molecule has 0 radical (unpaired) electrons. The van der Waals surface area contributed by atoms with E-state index >= 15 is 0 Å². The van der Waals surface area contributed by atoms with E-state index < -0.39 is 11.4 Å². The van der Waals surface area contributed by atoms with Crippen molar-refractivity contribution in [3.05, 3.63) is 24.3 Å². The molecule has 1 aliphatic carbocycles. The number of hydrogen-bond donors (Lipinski definition) is 0. The first-order valence-corrected chi connectivity index (χ1v) is 6.06. The van der Waals surface area contributed by atoms with Crippen LogP contribution in [0.5, 0.6) is 5.75 Å². The molecule has 0 aliphatic heterocycles. The summed E-state index contributed by atoms with van der Waals surface area (Å²) in [6.07, 6.45) is 1.11. The molecule has 5 heteroatoms. The van der Waals surface area contributed by atoms with Gasteiger partial charge < -0.3 is 14.4 Å². The lowest BCUT2D eigenvalue weighted by molar-refractivity contribution is -0.151. The minimum atomic E-state index is -0.969. The van der Waals surface area contributed by atoms with Crippen molar-refractivity contribution in [3.8, 4) is 5.75 Å². The minimum absolute atomic E-state index is 0.218. The number of anilines is 1. The Kier molecular flexibility index (Phi) is 3.46. The van der Waals surface area contributed by atoms with E-state index in [9.17, 15) is 9.59 Å². The number of ether oxygens (including phenoxy) is 2. The number of carbonyl (C=O) groups excluding carboxylic acids is 2. The van der Waals surface area contributed by atoms with Crippen LogP contribution in [-0.2, 0) is 14.3 Å². The molecule has 0 spiro atoms. The van der Waals surface area contributed by atoms with E-state index in [1.807, 2.05) is 0 Å². The molecule has 1 aromatic carbocycles. The summed E-state index contributed by atoms with van der Waals surface area (Å²) < 4.78 is 9.78. The largest absolute Gasteiger partial charge is 0.497 e. The van der Waals surface area contributed by atoms with Gasteiger partial charge in [0.05, 0.1) is 14.2 Å². The van der Waals surface area contributed by atoms with Gasteiger partial charge in [-0.05, 0) is 37.1 Å². The van der Waals surface area contributed by atoms with Crippen molar-refractivity contribution >= 4 is 17.6 Å². The lowest BCUT2D eigenvalue weighted by Crippen LogP contribution is -2.39. The molecule has 0 saturated heterocycles. The van der Waals surface area contributed by atoms with Gasteiger partial charge in [-0.1, -0.05) is 0 Å². The molecule has 0 unspecified atom stereocenters. The van der Waals surface area contributed by atoms with E-state index in [1.54, 1.807) is 38.4 Å². The van der Waals surface area contributed by atoms with Crippen molar-refractivity contribution in [2.24, 2.45) is 5.41 Å². The number of nitrogens with zero attached hydrogens (tertiary/aromatic N) is 1. The first-order chi connectivity index (χ1) is 9.05. The molecule has 1 fully saturated rings. The summed E-state index contributed by atoms with van der Waals surface area (Å²) in [4.78, 5) is 25.5. The second kappa shape index (κ2) is 4.91. The highest BCUT2D eigenvalue weighted by Crippen LogP contribution is 2.48. The van der Waals surface area contributed by atoms with Crippen molar-refractivity contribution < 1.29 is 19.1 Å². The Bertz CT molecular complexity index is 491. The number of methoxy groups -OCH3 is 2. The SMILES string of the molecule is COC(=O)C1(C(=O)N(C)c2ccc(OC)cc2)CC1. The molecule has 5 nitrogen and oxygen atoms in total. The molecule has 0 N–H and O–H groups in total. The number of esters is 1. The zero-order chi connectivity index (χ0) is 14.0. The minimum Gasteiger partial charge on any atom is -0.497 e. The third-order valence-electron chi connectivity index (χ3n) is 3.50.